The van der Waals surface area contributed by atoms with Crippen LogP contribution in [0.2, 0.25) is 0 Å². The van der Waals surface area contributed by atoms with Gasteiger partial charge in [-0.25, -0.2) is 13.9 Å². The van der Waals surface area contributed by atoms with Crippen molar-refractivity contribution in [3.8, 4) is 23.5 Å². The molecule has 0 saturated carbocycles. The van der Waals surface area contributed by atoms with Crippen molar-refractivity contribution in [1.29, 1.82) is 0 Å². The van der Waals surface area contributed by atoms with Crippen LogP contribution < -0.4 is 0 Å². The van der Waals surface area contributed by atoms with Crippen molar-refractivity contribution < 1.29 is 82.9 Å². The molecule has 0 aromatic carbocycles. The molecule has 19 heteroatoms. The van der Waals surface area contributed by atoms with Crippen molar-refractivity contribution in [2.75, 3.05) is 119 Å². The lowest BCUT2D eigenvalue weighted by Crippen LogP contribution is -2.51. The van der Waals surface area contributed by atoms with E-state index in [1.807, 2.05) is 0 Å². The van der Waals surface area contributed by atoms with Gasteiger partial charge in [-0.1, -0.05) is 0 Å². The molecule has 49 heavy (non-hydrogen) atoms. The molecule has 0 amide bonds. The monoisotopic (exact) mass is 708 g/mol. The molecule has 0 fully saturated rings. The first-order chi connectivity index (χ1) is 23.7. The van der Waals surface area contributed by atoms with Crippen molar-refractivity contribution in [2.45, 2.75) is 12.1 Å². The fraction of sp³-hybridized carbons (Fsp3) is 0.667. The van der Waals surface area contributed by atoms with Gasteiger partial charge in [0.05, 0.1) is 119 Å². The lowest BCUT2D eigenvalue weighted by atomic mass is 10.1. The van der Waals surface area contributed by atoms with E-state index in [4.69, 9.17) is 47.7 Å². The summed E-state index contributed by atoms with van der Waals surface area (Å²) < 4.78 is 49.6. The molecule has 0 aliphatic carbocycles. The maximum Gasteiger partial charge on any atom is 0.354 e. The molecule has 2 rings (SSSR count). The van der Waals surface area contributed by atoms with Gasteiger partial charge < -0.3 is 73.3 Å². The summed E-state index contributed by atoms with van der Waals surface area (Å²) in [5.74, 6) is -5.08. The number of carboxylic acids is 2. The van der Waals surface area contributed by atoms with E-state index in [2.05, 4.69) is 0 Å². The highest BCUT2D eigenvalue weighted by Gasteiger charge is 2.48. The number of aromatic hydroxyl groups is 4. The molecular formula is C30H48N2O17. The zero-order valence-corrected chi connectivity index (χ0v) is 27.3. The Morgan fingerprint density at radius 2 is 0.694 bits per heavy atom. The Morgan fingerprint density at radius 3 is 0.939 bits per heavy atom. The third-order valence-electron chi connectivity index (χ3n) is 6.50. The second-order valence-corrected chi connectivity index (χ2v) is 9.99. The Balaban J connectivity index is 1.41. The number of hydrogen-bond donors (Lipinski definition) is 6. The van der Waals surface area contributed by atoms with Crippen LogP contribution in [-0.4, -0.2) is 171 Å². The predicted molar refractivity (Wildman–Crippen MR) is 166 cm³/mol. The van der Waals surface area contributed by atoms with Gasteiger partial charge in [-0.2, -0.15) is 0 Å². The van der Waals surface area contributed by atoms with Crippen LogP contribution in [0.25, 0.3) is 0 Å². The molecule has 0 radical (unpaired) electrons. The molecule has 0 saturated heterocycles. The Hall–Kier alpha value is -3.66. The minimum Gasteiger partial charge on any atom is -0.494 e. The fourth-order valence-corrected chi connectivity index (χ4v) is 4.20. The largest absolute Gasteiger partial charge is 0.494 e. The second-order valence-electron chi connectivity index (χ2n) is 9.99. The second kappa shape index (κ2) is 24.5. The van der Waals surface area contributed by atoms with Gasteiger partial charge in [-0.05, 0) is 0 Å². The number of aliphatic carboxylic acids is 2. The molecular weight excluding hydrogens is 660 g/mol. The molecule has 2 aromatic heterocycles. The molecule has 0 aliphatic rings. The summed E-state index contributed by atoms with van der Waals surface area (Å²) in [6.45, 7) is 4.63. The Bertz CT molecular complexity index is 1100. The van der Waals surface area contributed by atoms with Crippen molar-refractivity contribution in [3.05, 3.63) is 24.3 Å². The van der Waals surface area contributed by atoms with Crippen LogP contribution in [0.3, 0.4) is 0 Å². The van der Waals surface area contributed by atoms with Gasteiger partial charge in [0, 0.05) is 24.3 Å². The van der Waals surface area contributed by atoms with Gasteiger partial charge in [-0.15, -0.1) is 0 Å². The van der Waals surface area contributed by atoms with Crippen LogP contribution in [0.1, 0.15) is 6.42 Å². The standard InChI is InChI=1S/C30H48N2O17/c33-24-1-2-25(34)31(24)30(29(39)40,32-26(35)3-4-27(32)36)23-49-22-21-48-20-19-47-18-17-46-16-15-45-14-13-44-12-11-43-10-9-42-8-7-41-6-5-28(37)38/h1-4,33-36H,5-23H2,(H,37,38)(H,39,40). The van der Waals surface area contributed by atoms with E-state index in [1.165, 1.54) is 0 Å². The fourth-order valence-electron chi connectivity index (χ4n) is 4.20. The zero-order chi connectivity index (χ0) is 35.7. The summed E-state index contributed by atoms with van der Waals surface area (Å²) in [5, 5.41) is 59.6. The smallest absolute Gasteiger partial charge is 0.354 e. The number of carbonyl (C=O) groups is 2. The third-order valence-corrected chi connectivity index (χ3v) is 6.50. The molecule has 2 heterocycles. The van der Waals surface area contributed by atoms with E-state index in [0.717, 1.165) is 24.3 Å². The Kier molecular flexibility index (Phi) is 20.7. The van der Waals surface area contributed by atoms with Crippen molar-refractivity contribution in [2.24, 2.45) is 0 Å². The van der Waals surface area contributed by atoms with Gasteiger partial charge in [-0.3, -0.25) is 4.79 Å². The number of aromatic nitrogens is 2. The summed E-state index contributed by atoms with van der Waals surface area (Å²) in [7, 11) is 0. The van der Waals surface area contributed by atoms with Crippen LogP contribution in [-0.2, 0) is 57.9 Å². The summed E-state index contributed by atoms with van der Waals surface area (Å²) >= 11 is 0. The first-order valence-electron chi connectivity index (χ1n) is 15.6. The molecule has 280 valence electrons. The third kappa shape index (κ3) is 15.2. The molecule has 0 atom stereocenters. The van der Waals surface area contributed by atoms with Crippen molar-refractivity contribution in [1.82, 2.24) is 9.13 Å². The SMILES string of the molecule is O=C(O)CCOCCOCCOCCOCCOCCOCCOCCOCCOCC(C(=O)O)(n1c(O)ccc1O)n1c(O)ccc1O. The highest BCUT2D eigenvalue weighted by atomic mass is 16.6. The number of ether oxygens (including phenoxy) is 9. The van der Waals surface area contributed by atoms with Crippen LogP contribution >= 0.6 is 0 Å². The minimum absolute atomic E-state index is 0.0266. The van der Waals surface area contributed by atoms with E-state index in [0.29, 0.717) is 88.4 Å². The molecule has 6 N–H and O–H groups in total. The highest BCUT2D eigenvalue weighted by Crippen LogP contribution is 2.39. The average Bonchev–Trinajstić information content (AvgIpc) is 3.59. The Labute approximate surface area is 282 Å². The summed E-state index contributed by atoms with van der Waals surface area (Å²) in [5.41, 5.74) is -2.46. The minimum atomic E-state index is -2.46. The topological polar surface area (TPSA) is 248 Å². The first-order valence-corrected chi connectivity index (χ1v) is 15.6. The predicted octanol–water partition coefficient (Wildman–Crippen LogP) is 0.0218. The van der Waals surface area contributed by atoms with Crippen molar-refractivity contribution in [3.63, 3.8) is 0 Å². The Morgan fingerprint density at radius 1 is 0.449 bits per heavy atom. The number of hydrogen-bond acceptors (Lipinski definition) is 15. The van der Waals surface area contributed by atoms with Crippen LogP contribution in [0.5, 0.6) is 23.5 Å². The number of rotatable bonds is 32. The normalized spacial score (nSPS) is 11.8. The van der Waals surface area contributed by atoms with E-state index >= 15 is 0 Å². The maximum absolute atomic E-state index is 12.5. The van der Waals surface area contributed by atoms with E-state index in [-0.39, 0.29) is 39.5 Å². The first kappa shape index (κ1) is 41.5. The molecule has 19 nitrogen and oxygen atoms in total. The molecule has 2 aromatic rings. The van der Waals surface area contributed by atoms with E-state index in [9.17, 15) is 35.1 Å². The lowest BCUT2D eigenvalue weighted by molar-refractivity contribution is -0.155. The van der Waals surface area contributed by atoms with Gasteiger partial charge in [0.1, 0.15) is 6.61 Å². The average molecular weight is 709 g/mol. The molecule has 0 unspecified atom stereocenters. The highest BCUT2D eigenvalue weighted by molar-refractivity contribution is 5.78. The van der Waals surface area contributed by atoms with Gasteiger partial charge in [0.15, 0.2) is 23.5 Å². The molecule has 0 aliphatic heterocycles. The summed E-state index contributed by atoms with van der Waals surface area (Å²) in [6, 6.07) is 4.23. The molecule has 0 spiro atoms. The van der Waals surface area contributed by atoms with Gasteiger partial charge in [0.2, 0.25) is 0 Å². The van der Waals surface area contributed by atoms with Crippen molar-refractivity contribution >= 4 is 11.9 Å². The lowest BCUT2D eigenvalue weighted by Gasteiger charge is -2.34. The quantitative estimate of drug-likeness (QED) is 0.0548. The van der Waals surface area contributed by atoms with Crippen LogP contribution in [0.4, 0.5) is 0 Å². The summed E-state index contributed by atoms with van der Waals surface area (Å²) in [4.78, 5) is 22.8. The summed E-state index contributed by atoms with van der Waals surface area (Å²) in [6.07, 6.45) is -0.0266. The zero-order valence-electron chi connectivity index (χ0n) is 27.3. The number of nitrogens with zero attached hydrogens (tertiary/aromatic N) is 2. The van der Waals surface area contributed by atoms with E-state index < -0.39 is 47.7 Å². The van der Waals surface area contributed by atoms with Gasteiger partial charge in [0.25, 0.3) is 5.66 Å². The van der Waals surface area contributed by atoms with E-state index in [1.54, 1.807) is 0 Å². The molecule has 0 bridgehead atoms. The number of carboxylic acid groups (broad SMARTS) is 2. The van der Waals surface area contributed by atoms with Crippen LogP contribution in [0.15, 0.2) is 24.3 Å². The van der Waals surface area contributed by atoms with Gasteiger partial charge >= 0.3 is 11.9 Å². The van der Waals surface area contributed by atoms with Crippen LogP contribution in [0, 0.1) is 0 Å². The maximum atomic E-state index is 12.5.